The summed E-state index contributed by atoms with van der Waals surface area (Å²) in [6, 6.07) is 12.2. The number of para-hydroxylation sites is 4. The van der Waals surface area contributed by atoms with Gasteiger partial charge in [0.05, 0.1) is 6.61 Å². The van der Waals surface area contributed by atoms with Crippen molar-refractivity contribution in [2.75, 3.05) is 26.4 Å². The van der Waals surface area contributed by atoms with Gasteiger partial charge in [0.15, 0.2) is 42.5 Å². The van der Waals surface area contributed by atoms with Crippen LogP contribution >= 0.6 is 0 Å². The third-order valence-electron chi connectivity index (χ3n) is 3.25. The van der Waals surface area contributed by atoms with Gasteiger partial charge in [-0.15, -0.1) is 0 Å². The Labute approximate surface area is 180 Å². The molecule has 0 saturated heterocycles. The average Bonchev–Trinajstić information content (AvgIpc) is 2.74. The van der Waals surface area contributed by atoms with Gasteiger partial charge >= 0.3 is 12.4 Å². The van der Waals surface area contributed by atoms with Gasteiger partial charge in [-0.2, -0.15) is 26.3 Å². The minimum absolute atomic E-state index is 0.0401. The molecule has 0 aromatic heterocycles. The van der Waals surface area contributed by atoms with E-state index in [0.29, 0.717) is 18.6 Å². The quantitative estimate of drug-likeness (QED) is 0.335. The number of alkyl halides is 6. The maximum absolute atomic E-state index is 12.0. The van der Waals surface area contributed by atoms with Gasteiger partial charge in [0, 0.05) is 0 Å². The van der Waals surface area contributed by atoms with E-state index in [1.165, 1.54) is 24.3 Å². The topological polar surface area (TPSA) is 54.0 Å². The van der Waals surface area contributed by atoms with Gasteiger partial charge in [-0.05, 0) is 30.7 Å². The summed E-state index contributed by atoms with van der Waals surface area (Å²) in [7, 11) is 0. The van der Waals surface area contributed by atoms with Gasteiger partial charge in [-0.1, -0.05) is 31.2 Å². The van der Waals surface area contributed by atoms with Crippen LogP contribution in [0.1, 0.15) is 13.3 Å². The summed E-state index contributed by atoms with van der Waals surface area (Å²) in [5, 5.41) is 0. The molecule has 11 heteroatoms. The number of carbonyl (C=O) groups is 1. The molecule has 2 aromatic rings. The lowest BCUT2D eigenvalue weighted by atomic mass is 10.3. The lowest BCUT2D eigenvalue weighted by Crippen LogP contribution is -2.19. The molecular formula is C21H22F6O5. The van der Waals surface area contributed by atoms with E-state index in [-0.39, 0.29) is 23.9 Å². The highest BCUT2D eigenvalue weighted by Gasteiger charge is 2.29. The number of benzene rings is 2. The number of ether oxygens (including phenoxy) is 4. The molecule has 5 nitrogen and oxygen atoms in total. The molecule has 0 aliphatic heterocycles. The van der Waals surface area contributed by atoms with Crippen LogP contribution < -0.4 is 18.9 Å². The smallest absolute Gasteiger partial charge is 0.422 e. The first kappa shape index (κ1) is 26.9. The SMILES string of the molecule is CCCOc1ccccc1OCC(F)(F)F.O=CCOc1ccccc1OCC(F)(F)F. The summed E-state index contributed by atoms with van der Waals surface area (Å²) in [6.45, 7) is -0.564. The van der Waals surface area contributed by atoms with Crippen LogP contribution in [0.3, 0.4) is 0 Å². The molecule has 0 spiro atoms. The number of halogens is 6. The van der Waals surface area contributed by atoms with Crippen molar-refractivity contribution in [1.82, 2.24) is 0 Å². The second-order valence-electron chi connectivity index (χ2n) is 6.03. The van der Waals surface area contributed by atoms with Crippen molar-refractivity contribution >= 4 is 6.29 Å². The Balaban J connectivity index is 0.000000320. The summed E-state index contributed by atoms with van der Waals surface area (Å²) >= 11 is 0. The van der Waals surface area contributed by atoms with E-state index >= 15 is 0 Å². The van der Waals surface area contributed by atoms with Crippen molar-refractivity contribution in [2.45, 2.75) is 25.7 Å². The fraction of sp³-hybridized carbons (Fsp3) is 0.381. The number of hydrogen-bond donors (Lipinski definition) is 0. The molecule has 0 aliphatic rings. The van der Waals surface area contributed by atoms with Crippen molar-refractivity contribution < 1.29 is 50.1 Å². The monoisotopic (exact) mass is 468 g/mol. The second-order valence-corrected chi connectivity index (χ2v) is 6.03. The third kappa shape index (κ3) is 11.9. The van der Waals surface area contributed by atoms with E-state index in [0.717, 1.165) is 6.42 Å². The van der Waals surface area contributed by atoms with Crippen molar-refractivity contribution in [3.63, 3.8) is 0 Å². The minimum Gasteiger partial charge on any atom is -0.490 e. The van der Waals surface area contributed by atoms with Crippen LogP contribution in [0.4, 0.5) is 26.3 Å². The largest absolute Gasteiger partial charge is 0.490 e. The van der Waals surface area contributed by atoms with Crippen LogP contribution in [0.2, 0.25) is 0 Å². The zero-order valence-corrected chi connectivity index (χ0v) is 17.0. The molecule has 0 bridgehead atoms. The molecule has 0 amide bonds. The van der Waals surface area contributed by atoms with E-state index in [1.54, 1.807) is 24.3 Å². The molecule has 0 aliphatic carbocycles. The number of carbonyl (C=O) groups excluding carboxylic acids is 1. The standard InChI is InChI=1S/C11H13F3O2.C10H9F3O3/c1-2-7-15-9-5-3-4-6-10(9)16-8-11(12,13)14;11-10(12,13)7-16-9-4-2-1-3-8(9)15-6-5-14/h3-6H,2,7-8H2,1H3;1-5H,6-7H2. The molecule has 0 heterocycles. The normalized spacial score (nSPS) is 11.1. The van der Waals surface area contributed by atoms with Crippen molar-refractivity contribution in [3.8, 4) is 23.0 Å². The molecule has 0 atom stereocenters. The van der Waals surface area contributed by atoms with E-state index in [9.17, 15) is 31.1 Å². The van der Waals surface area contributed by atoms with Gasteiger partial charge in [-0.25, -0.2) is 0 Å². The molecular weight excluding hydrogens is 446 g/mol. The zero-order valence-electron chi connectivity index (χ0n) is 17.0. The molecule has 2 aromatic carbocycles. The van der Waals surface area contributed by atoms with E-state index in [2.05, 4.69) is 9.47 Å². The lowest BCUT2D eigenvalue weighted by Gasteiger charge is -2.13. The fourth-order valence-corrected chi connectivity index (χ4v) is 2.03. The predicted molar refractivity (Wildman–Crippen MR) is 103 cm³/mol. The molecule has 0 N–H and O–H groups in total. The third-order valence-corrected chi connectivity index (χ3v) is 3.25. The first-order chi connectivity index (χ1) is 15.1. The second kappa shape index (κ2) is 13.3. The van der Waals surface area contributed by atoms with Gasteiger partial charge in [-0.3, -0.25) is 4.79 Å². The number of rotatable bonds is 10. The van der Waals surface area contributed by atoms with Gasteiger partial charge < -0.3 is 18.9 Å². The van der Waals surface area contributed by atoms with E-state index in [4.69, 9.17) is 9.47 Å². The summed E-state index contributed by atoms with van der Waals surface area (Å²) in [6.07, 6.45) is -7.45. The first-order valence-electron chi connectivity index (χ1n) is 9.32. The van der Waals surface area contributed by atoms with Crippen LogP contribution in [-0.4, -0.2) is 45.1 Å². The maximum Gasteiger partial charge on any atom is 0.422 e. The lowest BCUT2D eigenvalue weighted by molar-refractivity contribution is -0.154. The summed E-state index contributed by atoms with van der Waals surface area (Å²) in [5.74, 6) is 0.530. The summed E-state index contributed by atoms with van der Waals surface area (Å²) < 4.78 is 90.9. The van der Waals surface area contributed by atoms with Crippen molar-refractivity contribution in [3.05, 3.63) is 48.5 Å². The van der Waals surface area contributed by atoms with Gasteiger partial charge in [0.25, 0.3) is 0 Å². The Bertz CT molecular complexity index is 808. The summed E-state index contributed by atoms with van der Waals surface area (Å²) in [4.78, 5) is 10.1. The molecule has 2 rings (SSSR count). The highest BCUT2D eigenvalue weighted by atomic mass is 19.4. The van der Waals surface area contributed by atoms with E-state index < -0.39 is 25.6 Å². The molecule has 0 saturated carbocycles. The maximum atomic E-state index is 12.0. The highest BCUT2D eigenvalue weighted by molar-refractivity contribution is 5.52. The van der Waals surface area contributed by atoms with Crippen LogP contribution in [0, 0.1) is 0 Å². The zero-order chi connectivity index (χ0) is 24.0. The minimum atomic E-state index is -4.40. The Morgan fingerprint density at radius 1 is 0.688 bits per heavy atom. The van der Waals surface area contributed by atoms with Crippen LogP contribution in [0.5, 0.6) is 23.0 Å². The van der Waals surface area contributed by atoms with Crippen molar-refractivity contribution in [2.24, 2.45) is 0 Å². The molecule has 0 fully saturated rings. The van der Waals surface area contributed by atoms with Crippen LogP contribution in [0.25, 0.3) is 0 Å². The number of aldehydes is 1. The molecule has 32 heavy (non-hydrogen) atoms. The molecule has 0 unspecified atom stereocenters. The summed E-state index contributed by atoms with van der Waals surface area (Å²) in [5.41, 5.74) is 0. The predicted octanol–water partition coefficient (Wildman–Crippen LogP) is 5.62. The highest BCUT2D eigenvalue weighted by Crippen LogP contribution is 2.29. The Morgan fingerprint density at radius 3 is 1.41 bits per heavy atom. The number of hydrogen-bond acceptors (Lipinski definition) is 5. The van der Waals surface area contributed by atoms with Crippen molar-refractivity contribution in [1.29, 1.82) is 0 Å². The Hall–Kier alpha value is -3.11. The first-order valence-corrected chi connectivity index (χ1v) is 9.32. The fourth-order valence-electron chi connectivity index (χ4n) is 2.03. The molecule has 178 valence electrons. The van der Waals surface area contributed by atoms with Gasteiger partial charge in [0.2, 0.25) is 0 Å². The molecule has 0 radical (unpaired) electrons. The van der Waals surface area contributed by atoms with Gasteiger partial charge in [0.1, 0.15) is 6.61 Å². The average molecular weight is 468 g/mol. The Kier molecular flexibility index (Phi) is 11.2. The van der Waals surface area contributed by atoms with Crippen LogP contribution in [-0.2, 0) is 4.79 Å². The van der Waals surface area contributed by atoms with Crippen LogP contribution in [0.15, 0.2) is 48.5 Å². The van der Waals surface area contributed by atoms with E-state index in [1.807, 2.05) is 6.92 Å². The Morgan fingerprint density at radius 2 is 1.06 bits per heavy atom.